The molecule has 1 saturated heterocycles. The van der Waals surface area contributed by atoms with E-state index in [9.17, 15) is 14.4 Å². The summed E-state index contributed by atoms with van der Waals surface area (Å²) in [6.07, 6.45) is 0.768. The number of benzene rings is 1. The third-order valence-corrected chi connectivity index (χ3v) is 2.80. The van der Waals surface area contributed by atoms with Crippen molar-refractivity contribution in [3.8, 4) is 0 Å². The van der Waals surface area contributed by atoms with Crippen LogP contribution in [-0.4, -0.2) is 30.7 Å². The maximum Gasteiger partial charge on any atom is 0.333 e. The maximum absolute atomic E-state index is 11.5. The summed E-state index contributed by atoms with van der Waals surface area (Å²) in [6.45, 7) is 0. The first-order valence-electron chi connectivity index (χ1n) is 5.97. The number of aryl methyl sites for hydroxylation is 1. The molecule has 1 aliphatic rings. The number of carbonyl (C=O) groups is 3. The molecule has 5 radical (unpaired) electrons. The largest absolute Gasteiger partial charge is 0.333 e. The summed E-state index contributed by atoms with van der Waals surface area (Å²) in [7, 11) is 5.55. The van der Waals surface area contributed by atoms with Crippen molar-refractivity contribution in [2.45, 2.75) is 25.7 Å². The molecule has 0 bridgehead atoms. The average Bonchev–Trinajstić information content (AvgIpc) is 2.70. The van der Waals surface area contributed by atoms with E-state index >= 15 is 0 Å². The minimum Gasteiger partial charge on any atom is -0.330 e. The van der Waals surface area contributed by atoms with Gasteiger partial charge < -0.3 is 4.84 Å². The summed E-state index contributed by atoms with van der Waals surface area (Å²) in [5.74, 6) is -1.53. The third kappa shape index (κ3) is 7.85. The predicted molar refractivity (Wildman–Crippen MR) is 67.3 cm³/mol. The van der Waals surface area contributed by atoms with Gasteiger partial charge in [0.05, 0.1) is 6.42 Å². The number of hydrogen-bond donors (Lipinski definition) is 0. The van der Waals surface area contributed by atoms with Gasteiger partial charge in [-0.1, -0.05) is 29.7 Å². The minimum absolute atomic E-state index is 0. The van der Waals surface area contributed by atoms with Crippen LogP contribution in [-0.2, 0) is 124 Å². The smallest absolute Gasteiger partial charge is 0.330 e. The molecule has 0 aliphatic carbocycles. The van der Waals surface area contributed by atoms with Crippen molar-refractivity contribution in [2.75, 3.05) is 0 Å². The van der Waals surface area contributed by atoms with E-state index in [1.54, 1.807) is 12.1 Å². The van der Waals surface area contributed by atoms with Crippen molar-refractivity contribution in [3.05, 3.63) is 29.8 Å². The molecule has 0 unspecified atom stereocenters. The Morgan fingerprint density at radius 2 is 1.55 bits per heavy atom. The Kier molecular flexibility index (Phi) is 14.5. The molecule has 0 atom stereocenters. The third-order valence-electron chi connectivity index (χ3n) is 2.80. The fourth-order valence-electron chi connectivity index (χ4n) is 1.74. The van der Waals surface area contributed by atoms with E-state index in [1.165, 1.54) is 0 Å². The number of hydroxylamine groups is 2. The summed E-state index contributed by atoms with van der Waals surface area (Å²) in [5, 5.41) is 0.561. The second-order valence-electron chi connectivity index (χ2n) is 4.29. The molecule has 0 saturated carbocycles. The molecule has 1 aromatic carbocycles. The summed E-state index contributed by atoms with van der Waals surface area (Å²) in [6, 6.07) is 7.12. The number of imide groups is 1. The van der Waals surface area contributed by atoms with Crippen LogP contribution in [0.15, 0.2) is 24.3 Å². The molecule has 2 amide bonds. The van der Waals surface area contributed by atoms with E-state index in [2.05, 4.69) is 0 Å². The Hall–Kier alpha value is 1.21. The molecule has 0 spiro atoms. The van der Waals surface area contributed by atoms with Crippen molar-refractivity contribution in [2.24, 2.45) is 0 Å². The van der Waals surface area contributed by atoms with Crippen LogP contribution in [0.25, 0.3) is 0 Å². The van der Waals surface area contributed by atoms with Crippen LogP contribution >= 0.6 is 0 Å². The first-order chi connectivity index (χ1) is 9.06. The van der Waals surface area contributed by atoms with Gasteiger partial charge in [0.2, 0.25) is 0 Å². The Morgan fingerprint density at radius 3 is 2.05 bits per heavy atom. The Morgan fingerprint density at radius 1 is 1.05 bits per heavy atom. The van der Waals surface area contributed by atoms with E-state index in [4.69, 9.17) is 12.7 Å². The van der Waals surface area contributed by atoms with Gasteiger partial charge in [-0.15, -0.1) is 5.06 Å². The van der Waals surface area contributed by atoms with E-state index < -0.39 is 17.8 Å². The van der Waals surface area contributed by atoms with E-state index in [0.717, 1.165) is 5.56 Å². The van der Waals surface area contributed by atoms with Crippen LogP contribution < -0.4 is 5.46 Å². The zero-order valence-corrected chi connectivity index (χ0v) is 20.5. The number of amides is 2. The average molecular weight is 524 g/mol. The normalized spacial score (nSPS) is 12.8. The van der Waals surface area contributed by atoms with Gasteiger partial charge in [0.15, 0.2) is 0 Å². The molecule has 1 aliphatic heterocycles. The molecule has 1 fully saturated rings. The molecule has 2 rings (SSSR count). The van der Waals surface area contributed by atoms with Gasteiger partial charge in [-0.25, -0.2) is 4.79 Å². The van der Waals surface area contributed by atoms with E-state index in [1.807, 2.05) is 12.1 Å². The van der Waals surface area contributed by atoms with Crippen LogP contribution in [0.1, 0.15) is 24.8 Å². The van der Waals surface area contributed by atoms with Crippen LogP contribution in [0.2, 0.25) is 0 Å². The standard InChI is InChI=1S/C13H12BNO4.3Y/c14-10-4-1-9(2-5-10)3-8-13(18)19-15-11(16)6-7-12(15)17;;;/h1-2,4-5H,3,6-8H2;;;. The summed E-state index contributed by atoms with van der Waals surface area (Å²) in [4.78, 5) is 38.8. The SMILES string of the molecule is [B]c1ccc(CCC(=O)ON2C(=O)CCC2=O)cc1.[Y].[Y].[Y]. The number of nitrogens with zero attached hydrogens (tertiary/aromatic N) is 1. The molecular formula is C13H12BNO4Y3. The molecule has 0 aromatic heterocycles. The molecular weight excluding hydrogens is 512 g/mol. The van der Waals surface area contributed by atoms with E-state index in [0.29, 0.717) is 16.9 Å². The number of carbonyl (C=O) groups excluding carboxylic acids is 3. The first kappa shape index (κ1) is 25.4. The summed E-state index contributed by atoms with van der Waals surface area (Å²) < 4.78 is 0. The fraction of sp³-hybridized carbons (Fsp3) is 0.308. The van der Waals surface area contributed by atoms with Crippen molar-refractivity contribution in [1.29, 1.82) is 0 Å². The zero-order chi connectivity index (χ0) is 13.8. The van der Waals surface area contributed by atoms with Gasteiger partial charge in [-0.05, 0) is 12.0 Å². The minimum atomic E-state index is -0.597. The summed E-state index contributed by atoms with van der Waals surface area (Å²) in [5.41, 5.74) is 1.59. The maximum atomic E-state index is 11.5. The second kappa shape index (κ2) is 12.6. The fourth-order valence-corrected chi connectivity index (χ4v) is 1.74. The summed E-state index contributed by atoms with van der Waals surface area (Å²) >= 11 is 0. The van der Waals surface area contributed by atoms with Gasteiger partial charge in [-0.2, -0.15) is 0 Å². The van der Waals surface area contributed by atoms with Gasteiger partial charge in [-0.3, -0.25) is 9.59 Å². The molecule has 9 heteroatoms. The Labute approximate surface area is 206 Å². The van der Waals surface area contributed by atoms with E-state index in [-0.39, 0.29) is 117 Å². The van der Waals surface area contributed by atoms with Crippen LogP contribution in [0.5, 0.6) is 0 Å². The second-order valence-corrected chi connectivity index (χ2v) is 4.29. The van der Waals surface area contributed by atoms with Gasteiger partial charge in [0.1, 0.15) is 7.85 Å². The van der Waals surface area contributed by atoms with Gasteiger partial charge in [0, 0.05) is 111 Å². The molecule has 22 heavy (non-hydrogen) atoms. The molecule has 1 aromatic rings. The number of hydrogen-bond acceptors (Lipinski definition) is 4. The van der Waals surface area contributed by atoms with Crippen molar-refractivity contribution >= 4 is 31.1 Å². The van der Waals surface area contributed by atoms with Gasteiger partial charge >= 0.3 is 5.97 Å². The van der Waals surface area contributed by atoms with Crippen molar-refractivity contribution in [3.63, 3.8) is 0 Å². The van der Waals surface area contributed by atoms with Crippen LogP contribution in [0, 0.1) is 0 Å². The predicted octanol–water partition coefficient (Wildman–Crippen LogP) is 0.0127. The first-order valence-corrected chi connectivity index (χ1v) is 5.97. The topological polar surface area (TPSA) is 63.7 Å². The quantitative estimate of drug-likeness (QED) is 0.412. The van der Waals surface area contributed by atoms with Gasteiger partial charge in [0.25, 0.3) is 11.8 Å². The van der Waals surface area contributed by atoms with Crippen molar-refractivity contribution < 1.29 is 117 Å². The van der Waals surface area contributed by atoms with Crippen LogP contribution in [0.3, 0.4) is 0 Å². The molecule has 1 heterocycles. The Balaban J connectivity index is 0. The molecule has 5 nitrogen and oxygen atoms in total. The number of rotatable bonds is 4. The monoisotopic (exact) mass is 524 g/mol. The zero-order valence-electron chi connectivity index (χ0n) is 12.0. The van der Waals surface area contributed by atoms with Crippen LogP contribution in [0.4, 0.5) is 0 Å². The molecule has 0 N–H and O–H groups in total. The molecule has 105 valence electrons. The Bertz CT molecular complexity index is 509. The van der Waals surface area contributed by atoms with Crippen molar-refractivity contribution in [1.82, 2.24) is 5.06 Å².